The molecule has 0 amide bonds. The standard InChI is InChI=1S/C13H9ClF3NO2S/c14-10-6-9(13(15,16)17)7-11(8-10)18-21(19,20)12-4-2-1-3-5-12/h1-8,18H. The molecule has 0 spiro atoms. The van der Waals surface area contributed by atoms with Crippen molar-refractivity contribution in [2.24, 2.45) is 0 Å². The Hall–Kier alpha value is -1.73. The Morgan fingerprint density at radius 3 is 2.19 bits per heavy atom. The Labute approximate surface area is 124 Å². The number of alkyl halides is 3. The molecule has 1 N–H and O–H groups in total. The topological polar surface area (TPSA) is 46.2 Å². The lowest BCUT2D eigenvalue weighted by Gasteiger charge is -2.12. The van der Waals surface area contributed by atoms with Crippen molar-refractivity contribution in [1.82, 2.24) is 0 Å². The fourth-order valence-electron chi connectivity index (χ4n) is 1.63. The number of rotatable bonds is 3. The van der Waals surface area contributed by atoms with Crippen molar-refractivity contribution >= 4 is 27.3 Å². The lowest BCUT2D eigenvalue weighted by Crippen LogP contribution is -2.14. The van der Waals surface area contributed by atoms with Gasteiger partial charge in [-0.2, -0.15) is 13.2 Å². The smallest absolute Gasteiger partial charge is 0.280 e. The molecule has 0 radical (unpaired) electrons. The molecule has 8 heteroatoms. The second-order valence-corrected chi connectivity index (χ2v) is 6.26. The van der Waals surface area contributed by atoms with Gasteiger partial charge in [-0.15, -0.1) is 0 Å². The fraction of sp³-hybridized carbons (Fsp3) is 0.0769. The second kappa shape index (κ2) is 5.57. The molecule has 0 saturated carbocycles. The maximum atomic E-state index is 12.7. The van der Waals surface area contributed by atoms with Gasteiger partial charge in [0.25, 0.3) is 10.0 Å². The summed E-state index contributed by atoms with van der Waals surface area (Å²) in [5.74, 6) is 0. The van der Waals surface area contributed by atoms with E-state index in [1.807, 2.05) is 0 Å². The van der Waals surface area contributed by atoms with Crippen LogP contribution in [0.2, 0.25) is 5.02 Å². The Bertz CT molecular complexity index is 746. The quantitative estimate of drug-likeness (QED) is 0.915. The number of benzene rings is 2. The molecule has 112 valence electrons. The van der Waals surface area contributed by atoms with Crippen LogP contribution in [0.15, 0.2) is 53.4 Å². The summed E-state index contributed by atoms with van der Waals surface area (Å²) < 4.78 is 64.2. The predicted octanol–water partition coefficient (Wildman–Crippen LogP) is 4.16. The largest absolute Gasteiger partial charge is 0.416 e. The lowest BCUT2D eigenvalue weighted by molar-refractivity contribution is -0.137. The molecule has 0 aliphatic carbocycles. The number of anilines is 1. The molecular weight excluding hydrogens is 327 g/mol. The van der Waals surface area contributed by atoms with Crippen molar-refractivity contribution in [3.8, 4) is 0 Å². The first-order chi connectivity index (χ1) is 9.68. The molecule has 0 aliphatic heterocycles. The van der Waals surface area contributed by atoms with Gasteiger partial charge in [0.1, 0.15) is 0 Å². The third-order valence-corrected chi connectivity index (χ3v) is 4.15. The number of nitrogens with one attached hydrogen (secondary N) is 1. The SMILES string of the molecule is O=S(=O)(Nc1cc(Cl)cc(C(F)(F)F)c1)c1ccccc1. The van der Waals surface area contributed by atoms with E-state index in [1.165, 1.54) is 24.3 Å². The highest BCUT2D eigenvalue weighted by molar-refractivity contribution is 7.92. The van der Waals surface area contributed by atoms with E-state index in [2.05, 4.69) is 4.72 Å². The average Bonchev–Trinajstić information content (AvgIpc) is 2.37. The van der Waals surface area contributed by atoms with Gasteiger partial charge in [0.2, 0.25) is 0 Å². The van der Waals surface area contributed by atoms with Crippen LogP contribution in [0.25, 0.3) is 0 Å². The van der Waals surface area contributed by atoms with E-state index in [-0.39, 0.29) is 15.6 Å². The van der Waals surface area contributed by atoms with Crippen molar-refractivity contribution in [2.45, 2.75) is 11.1 Å². The molecule has 0 bridgehead atoms. The molecular formula is C13H9ClF3NO2S. The molecule has 2 aromatic rings. The van der Waals surface area contributed by atoms with Gasteiger partial charge in [-0.25, -0.2) is 8.42 Å². The maximum absolute atomic E-state index is 12.7. The normalized spacial score (nSPS) is 12.2. The van der Waals surface area contributed by atoms with E-state index in [9.17, 15) is 21.6 Å². The number of hydrogen-bond acceptors (Lipinski definition) is 2. The monoisotopic (exact) mass is 335 g/mol. The Morgan fingerprint density at radius 1 is 1.00 bits per heavy atom. The zero-order valence-electron chi connectivity index (χ0n) is 10.4. The highest BCUT2D eigenvalue weighted by atomic mass is 35.5. The van der Waals surface area contributed by atoms with Crippen LogP contribution in [0.4, 0.5) is 18.9 Å². The Morgan fingerprint density at radius 2 is 1.62 bits per heavy atom. The van der Waals surface area contributed by atoms with Crippen molar-refractivity contribution in [3.63, 3.8) is 0 Å². The Kier molecular flexibility index (Phi) is 4.15. The van der Waals surface area contributed by atoms with Gasteiger partial charge in [-0.3, -0.25) is 4.72 Å². The summed E-state index contributed by atoms with van der Waals surface area (Å²) in [5.41, 5.74) is -1.28. The minimum absolute atomic E-state index is 0.0569. The maximum Gasteiger partial charge on any atom is 0.416 e. The molecule has 0 aromatic heterocycles. The molecule has 3 nitrogen and oxygen atoms in total. The van der Waals surface area contributed by atoms with E-state index in [4.69, 9.17) is 11.6 Å². The summed E-state index contributed by atoms with van der Waals surface area (Å²) in [4.78, 5) is -0.0569. The van der Waals surface area contributed by atoms with Gasteiger partial charge in [-0.1, -0.05) is 29.8 Å². The van der Waals surface area contributed by atoms with Crippen molar-refractivity contribution in [2.75, 3.05) is 4.72 Å². The van der Waals surface area contributed by atoms with Crippen molar-refractivity contribution in [1.29, 1.82) is 0 Å². The van der Waals surface area contributed by atoms with E-state index in [1.54, 1.807) is 6.07 Å². The lowest BCUT2D eigenvalue weighted by atomic mass is 10.2. The number of sulfonamides is 1. The van der Waals surface area contributed by atoms with E-state index >= 15 is 0 Å². The molecule has 0 saturated heterocycles. The van der Waals surface area contributed by atoms with Gasteiger partial charge in [0, 0.05) is 5.02 Å². The highest BCUT2D eigenvalue weighted by Crippen LogP contribution is 2.33. The summed E-state index contributed by atoms with van der Waals surface area (Å²) in [5, 5.41) is -0.212. The minimum Gasteiger partial charge on any atom is -0.280 e. The molecule has 2 aromatic carbocycles. The van der Waals surface area contributed by atoms with Gasteiger partial charge >= 0.3 is 6.18 Å². The molecule has 2 rings (SSSR count). The van der Waals surface area contributed by atoms with Gasteiger partial charge in [-0.05, 0) is 30.3 Å². The molecule has 0 aliphatic rings. The Balaban J connectivity index is 2.38. The first-order valence-electron chi connectivity index (χ1n) is 5.64. The van der Waals surface area contributed by atoms with E-state index in [0.29, 0.717) is 6.07 Å². The first-order valence-corrected chi connectivity index (χ1v) is 7.50. The number of halogens is 4. The third kappa shape index (κ3) is 3.89. The van der Waals surface area contributed by atoms with Crippen LogP contribution in [0, 0.1) is 0 Å². The van der Waals surface area contributed by atoms with Crippen LogP contribution < -0.4 is 4.72 Å². The summed E-state index contributed by atoms with van der Waals surface area (Å²) >= 11 is 5.60. The van der Waals surface area contributed by atoms with Crippen LogP contribution in [-0.4, -0.2) is 8.42 Å². The van der Waals surface area contributed by atoms with Crippen LogP contribution in [0.3, 0.4) is 0 Å². The predicted molar refractivity (Wildman–Crippen MR) is 73.7 cm³/mol. The van der Waals surface area contributed by atoms with Gasteiger partial charge in [0.15, 0.2) is 0 Å². The highest BCUT2D eigenvalue weighted by Gasteiger charge is 2.31. The van der Waals surface area contributed by atoms with Crippen LogP contribution >= 0.6 is 11.6 Å². The summed E-state index contributed by atoms with van der Waals surface area (Å²) in [6.45, 7) is 0. The van der Waals surface area contributed by atoms with E-state index < -0.39 is 21.8 Å². The zero-order chi connectivity index (χ0) is 15.7. The van der Waals surface area contributed by atoms with E-state index in [0.717, 1.165) is 12.1 Å². The summed E-state index contributed by atoms with van der Waals surface area (Å²) in [6, 6.07) is 9.82. The van der Waals surface area contributed by atoms with Crippen LogP contribution in [-0.2, 0) is 16.2 Å². The van der Waals surface area contributed by atoms with Crippen LogP contribution in [0.1, 0.15) is 5.56 Å². The fourth-order valence-corrected chi connectivity index (χ4v) is 2.92. The molecule has 0 unspecified atom stereocenters. The van der Waals surface area contributed by atoms with Gasteiger partial charge in [0.05, 0.1) is 16.1 Å². The van der Waals surface area contributed by atoms with Crippen molar-refractivity contribution < 1.29 is 21.6 Å². The first kappa shape index (κ1) is 15.7. The number of hydrogen-bond donors (Lipinski definition) is 1. The molecule has 21 heavy (non-hydrogen) atoms. The average molecular weight is 336 g/mol. The third-order valence-electron chi connectivity index (χ3n) is 2.53. The van der Waals surface area contributed by atoms with Gasteiger partial charge < -0.3 is 0 Å². The molecule has 0 fully saturated rings. The minimum atomic E-state index is -4.61. The summed E-state index contributed by atoms with van der Waals surface area (Å²) in [7, 11) is -3.97. The summed E-state index contributed by atoms with van der Waals surface area (Å²) in [6.07, 6.45) is -4.61. The van der Waals surface area contributed by atoms with Crippen LogP contribution in [0.5, 0.6) is 0 Å². The second-order valence-electron chi connectivity index (χ2n) is 4.14. The van der Waals surface area contributed by atoms with Crippen molar-refractivity contribution in [3.05, 3.63) is 59.1 Å². The molecule has 0 heterocycles. The molecule has 0 atom stereocenters. The zero-order valence-corrected chi connectivity index (χ0v) is 11.9.